The zero-order valence-electron chi connectivity index (χ0n) is 21.3. The van der Waals surface area contributed by atoms with Crippen LogP contribution < -0.4 is 5.32 Å². The summed E-state index contributed by atoms with van der Waals surface area (Å²) < 4.78 is 26.3. The summed E-state index contributed by atoms with van der Waals surface area (Å²) >= 11 is 3.24. The van der Waals surface area contributed by atoms with Crippen LogP contribution in [0.15, 0.2) is 59.6 Å². The van der Waals surface area contributed by atoms with Gasteiger partial charge in [-0.2, -0.15) is 0 Å². The molecule has 3 rings (SSSR count). The van der Waals surface area contributed by atoms with Gasteiger partial charge in [0.2, 0.25) is 5.91 Å². The Morgan fingerprint density at radius 1 is 1.19 bits per heavy atom. The monoisotopic (exact) mass is 572 g/mol. The number of ether oxygens (including phenoxy) is 2. The van der Waals surface area contributed by atoms with Crippen molar-refractivity contribution in [3.05, 3.63) is 82.2 Å². The molecule has 9 heteroatoms. The Bertz CT molecular complexity index is 1320. The van der Waals surface area contributed by atoms with Crippen LogP contribution in [0.25, 0.3) is 10.9 Å². The van der Waals surface area contributed by atoms with Gasteiger partial charge in [-0.25, -0.2) is 18.5 Å². The van der Waals surface area contributed by atoms with Crippen molar-refractivity contribution in [3.63, 3.8) is 0 Å². The van der Waals surface area contributed by atoms with Crippen molar-refractivity contribution in [1.82, 2.24) is 9.88 Å². The number of carbonyl (C=O) groups is 3. The molecule has 37 heavy (non-hydrogen) atoms. The minimum Gasteiger partial charge on any atom is -0.467 e. The van der Waals surface area contributed by atoms with E-state index in [4.69, 9.17) is 9.47 Å². The molecular weight excluding hydrogens is 543 g/mol. The van der Waals surface area contributed by atoms with E-state index in [1.54, 1.807) is 45.0 Å². The van der Waals surface area contributed by atoms with E-state index >= 15 is 0 Å². The van der Waals surface area contributed by atoms with Crippen LogP contribution in [-0.4, -0.2) is 41.3 Å². The smallest absolute Gasteiger partial charge is 0.419 e. The van der Waals surface area contributed by atoms with Crippen LogP contribution in [0.3, 0.4) is 0 Å². The molecule has 1 atom stereocenters. The van der Waals surface area contributed by atoms with Crippen LogP contribution in [-0.2, 0) is 38.3 Å². The lowest BCUT2D eigenvalue weighted by molar-refractivity contribution is -0.145. The van der Waals surface area contributed by atoms with E-state index < -0.39 is 35.4 Å². The summed E-state index contributed by atoms with van der Waals surface area (Å²) in [5, 5.41) is 3.42. The van der Waals surface area contributed by atoms with E-state index in [0.29, 0.717) is 38.6 Å². The van der Waals surface area contributed by atoms with Crippen molar-refractivity contribution in [1.29, 1.82) is 0 Å². The molecule has 3 aromatic rings. The second kappa shape index (κ2) is 11.7. The van der Waals surface area contributed by atoms with E-state index in [2.05, 4.69) is 27.8 Å². The Morgan fingerprint density at radius 2 is 1.89 bits per heavy atom. The highest BCUT2D eigenvalue weighted by atomic mass is 79.9. The molecular formula is C28H30BrFN2O5. The average Bonchev–Trinajstić information content (AvgIpc) is 3.09. The lowest BCUT2D eigenvalue weighted by atomic mass is 10.0. The van der Waals surface area contributed by atoms with Crippen LogP contribution in [0.2, 0.25) is 0 Å². The number of methoxy groups -OCH3 is 1. The van der Waals surface area contributed by atoms with Crippen LogP contribution in [0, 0.1) is 5.82 Å². The van der Waals surface area contributed by atoms with E-state index in [1.807, 2.05) is 12.1 Å². The zero-order chi connectivity index (χ0) is 27.3. The maximum atomic E-state index is 13.9. The predicted molar refractivity (Wildman–Crippen MR) is 143 cm³/mol. The van der Waals surface area contributed by atoms with Gasteiger partial charge in [-0.1, -0.05) is 40.2 Å². The maximum Gasteiger partial charge on any atom is 0.419 e. The minimum atomic E-state index is -1.03. The standard InChI is InChI=1S/C28H30BrFN2O5/c1-6-9-23-21(20-10-7-8-11-24(20)32(23)27(35)37-28(2,3)4)16-25(33)31-22(26(34)36-5)14-17-12-18(29)15-19(30)13-17/h6-8,10-13,15,22H,1,9,14,16H2,2-5H3,(H,31,33). The molecule has 0 saturated carbocycles. The second-order valence-electron chi connectivity index (χ2n) is 9.55. The number of rotatable bonds is 8. The predicted octanol–water partition coefficient (Wildman–Crippen LogP) is 5.50. The van der Waals surface area contributed by atoms with E-state index in [1.165, 1.54) is 23.8 Å². The molecule has 0 aliphatic heterocycles. The van der Waals surface area contributed by atoms with Crippen molar-refractivity contribution in [2.45, 2.75) is 51.7 Å². The second-order valence-corrected chi connectivity index (χ2v) is 10.5. The number of amides is 1. The van der Waals surface area contributed by atoms with Gasteiger partial charge in [-0.05, 0) is 56.2 Å². The molecule has 0 bridgehead atoms. The highest BCUT2D eigenvalue weighted by molar-refractivity contribution is 9.10. The van der Waals surface area contributed by atoms with E-state index in [-0.39, 0.29) is 12.8 Å². The summed E-state index contributed by atoms with van der Waals surface area (Å²) in [5.74, 6) is -1.58. The van der Waals surface area contributed by atoms with Crippen LogP contribution in [0.5, 0.6) is 0 Å². The van der Waals surface area contributed by atoms with Crippen LogP contribution in [0.1, 0.15) is 37.6 Å². The summed E-state index contributed by atoms with van der Waals surface area (Å²) in [6.45, 7) is 9.14. The van der Waals surface area contributed by atoms with Gasteiger partial charge < -0.3 is 14.8 Å². The molecule has 0 radical (unpaired) electrons. The Morgan fingerprint density at radius 3 is 2.51 bits per heavy atom. The molecule has 0 saturated heterocycles. The number of hydrogen-bond donors (Lipinski definition) is 1. The minimum absolute atomic E-state index is 0.0357. The third-order valence-electron chi connectivity index (χ3n) is 5.52. The molecule has 1 heterocycles. The Labute approximate surface area is 223 Å². The fourth-order valence-electron chi connectivity index (χ4n) is 4.13. The number of aromatic nitrogens is 1. The molecule has 196 valence electrons. The first-order valence-corrected chi connectivity index (χ1v) is 12.5. The Hall–Kier alpha value is -3.46. The largest absolute Gasteiger partial charge is 0.467 e. The quantitative estimate of drug-likeness (QED) is 0.284. The number of halogens is 2. The van der Waals surface area contributed by atoms with Crippen LogP contribution >= 0.6 is 15.9 Å². The summed E-state index contributed by atoms with van der Waals surface area (Å²) in [4.78, 5) is 38.8. The van der Waals surface area contributed by atoms with Crippen molar-refractivity contribution in [2.75, 3.05) is 7.11 Å². The molecule has 7 nitrogen and oxygen atoms in total. The van der Waals surface area contributed by atoms with Gasteiger partial charge in [-0.15, -0.1) is 6.58 Å². The number of esters is 1. The summed E-state index contributed by atoms with van der Waals surface area (Å²) in [7, 11) is 1.22. The van der Waals surface area contributed by atoms with Crippen molar-refractivity contribution < 1.29 is 28.2 Å². The Balaban J connectivity index is 1.96. The summed E-state index contributed by atoms with van der Waals surface area (Å²) in [6.07, 6.45) is 1.33. The van der Waals surface area contributed by atoms with Crippen molar-refractivity contribution in [2.24, 2.45) is 0 Å². The fourth-order valence-corrected chi connectivity index (χ4v) is 4.64. The number of carbonyl (C=O) groups excluding carboxylic acids is 3. The molecule has 0 spiro atoms. The number of nitrogens with one attached hydrogen (secondary N) is 1. The first-order valence-electron chi connectivity index (χ1n) is 11.7. The van der Waals surface area contributed by atoms with Gasteiger partial charge >= 0.3 is 12.1 Å². The summed E-state index contributed by atoms with van der Waals surface area (Å²) in [6, 6.07) is 10.5. The number of hydrogen-bond acceptors (Lipinski definition) is 5. The first-order chi connectivity index (χ1) is 17.4. The zero-order valence-corrected chi connectivity index (χ0v) is 22.9. The number of fused-ring (bicyclic) bond motifs is 1. The highest BCUT2D eigenvalue weighted by Crippen LogP contribution is 2.29. The van der Waals surface area contributed by atoms with Gasteiger partial charge in [0.15, 0.2) is 0 Å². The number of benzene rings is 2. The van der Waals surface area contributed by atoms with Crippen molar-refractivity contribution >= 4 is 44.8 Å². The molecule has 1 N–H and O–H groups in total. The van der Waals surface area contributed by atoms with Gasteiger partial charge in [0.1, 0.15) is 17.5 Å². The van der Waals surface area contributed by atoms with Gasteiger partial charge in [0, 0.05) is 28.4 Å². The van der Waals surface area contributed by atoms with E-state index in [9.17, 15) is 18.8 Å². The average molecular weight is 573 g/mol. The molecule has 1 aromatic heterocycles. The topological polar surface area (TPSA) is 86.6 Å². The molecule has 1 unspecified atom stereocenters. The molecule has 0 fully saturated rings. The lowest BCUT2D eigenvalue weighted by Crippen LogP contribution is -2.43. The first kappa shape index (κ1) is 28.1. The maximum absolute atomic E-state index is 13.9. The molecule has 2 aromatic carbocycles. The van der Waals surface area contributed by atoms with Gasteiger partial charge in [-0.3, -0.25) is 4.79 Å². The Kier molecular flexibility index (Phi) is 8.91. The van der Waals surface area contributed by atoms with Crippen LogP contribution in [0.4, 0.5) is 9.18 Å². The fraction of sp³-hybridized carbons (Fsp3) is 0.321. The number of nitrogens with zero attached hydrogens (tertiary/aromatic N) is 1. The number of para-hydroxylation sites is 1. The molecule has 0 aliphatic carbocycles. The molecule has 0 aliphatic rings. The lowest BCUT2D eigenvalue weighted by Gasteiger charge is -2.21. The summed E-state index contributed by atoms with van der Waals surface area (Å²) in [5.41, 5.74) is 1.59. The highest BCUT2D eigenvalue weighted by Gasteiger charge is 2.28. The van der Waals surface area contributed by atoms with Gasteiger partial charge in [0.25, 0.3) is 0 Å². The van der Waals surface area contributed by atoms with E-state index in [0.717, 1.165) is 0 Å². The number of allylic oxidation sites excluding steroid dienone is 1. The third-order valence-corrected chi connectivity index (χ3v) is 5.98. The SMILES string of the molecule is C=CCc1c(CC(=O)NC(Cc2cc(F)cc(Br)c2)C(=O)OC)c2ccccc2n1C(=O)OC(C)(C)C. The third kappa shape index (κ3) is 7.07. The van der Waals surface area contributed by atoms with Gasteiger partial charge in [0.05, 0.1) is 19.0 Å². The molecule has 1 amide bonds. The normalized spacial score (nSPS) is 12.2. The van der Waals surface area contributed by atoms with Crippen molar-refractivity contribution in [3.8, 4) is 0 Å².